The van der Waals surface area contributed by atoms with Gasteiger partial charge in [-0.2, -0.15) is 0 Å². The third kappa shape index (κ3) is 6.51. The second-order valence-corrected chi connectivity index (χ2v) is 16.9. The van der Waals surface area contributed by atoms with E-state index in [1.54, 1.807) is 0 Å². The van der Waals surface area contributed by atoms with Gasteiger partial charge in [0.1, 0.15) is 0 Å². The summed E-state index contributed by atoms with van der Waals surface area (Å²) < 4.78 is 0. The van der Waals surface area contributed by atoms with Gasteiger partial charge >= 0.3 is 0 Å². The average Bonchev–Trinajstić information content (AvgIpc) is 3.58. The standard InChI is InChI=1S/C61H45N/c1-61(2)58-27-10-8-23-56(58)57-26-14-25-55(60(57)61)47-35-39-51(40-36-47)62(50-37-33-45(34-38-50)44-31-29-43(30-32-44)42-15-4-3-5-16-42)59-28-11-9-22-54(59)49-20-12-19-48(41-49)53-24-13-18-46-17-6-7-21-52(46)53/h3-41H,1-2H3. The number of benzene rings is 10. The van der Waals surface area contributed by atoms with Gasteiger partial charge in [-0.15, -0.1) is 0 Å². The second-order valence-electron chi connectivity index (χ2n) is 16.9. The van der Waals surface area contributed by atoms with E-state index < -0.39 is 0 Å². The molecule has 0 aromatic heterocycles. The van der Waals surface area contributed by atoms with E-state index in [-0.39, 0.29) is 5.41 Å². The van der Waals surface area contributed by atoms with Crippen LogP contribution in [-0.4, -0.2) is 0 Å². The van der Waals surface area contributed by atoms with Crippen LogP contribution in [0, 0.1) is 0 Å². The van der Waals surface area contributed by atoms with Gasteiger partial charge in [0.2, 0.25) is 0 Å². The van der Waals surface area contributed by atoms with E-state index in [9.17, 15) is 0 Å². The van der Waals surface area contributed by atoms with Crippen LogP contribution in [0.3, 0.4) is 0 Å². The predicted octanol–water partition coefficient (Wildman–Crippen LogP) is 17.0. The molecule has 62 heavy (non-hydrogen) atoms. The minimum Gasteiger partial charge on any atom is -0.310 e. The van der Waals surface area contributed by atoms with Crippen LogP contribution in [0.25, 0.3) is 77.5 Å². The van der Waals surface area contributed by atoms with Gasteiger partial charge in [-0.25, -0.2) is 0 Å². The van der Waals surface area contributed by atoms with Crippen LogP contribution in [-0.2, 0) is 5.41 Å². The van der Waals surface area contributed by atoms with E-state index in [4.69, 9.17) is 0 Å². The lowest BCUT2D eigenvalue weighted by molar-refractivity contribution is 0.662. The summed E-state index contributed by atoms with van der Waals surface area (Å²) in [5.41, 5.74) is 20.8. The molecule has 10 aromatic rings. The van der Waals surface area contributed by atoms with Crippen LogP contribution in [0.5, 0.6) is 0 Å². The highest BCUT2D eigenvalue weighted by Crippen LogP contribution is 2.52. The number of hydrogen-bond acceptors (Lipinski definition) is 1. The Hall–Kier alpha value is -7.74. The van der Waals surface area contributed by atoms with Crippen LogP contribution >= 0.6 is 0 Å². The minimum atomic E-state index is -0.101. The summed E-state index contributed by atoms with van der Waals surface area (Å²) >= 11 is 0. The summed E-state index contributed by atoms with van der Waals surface area (Å²) in [7, 11) is 0. The Kier molecular flexibility index (Phi) is 9.24. The van der Waals surface area contributed by atoms with Crippen molar-refractivity contribution < 1.29 is 0 Å². The number of fused-ring (bicyclic) bond motifs is 4. The topological polar surface area (TPSA) is 3.24 Å². The Bertz CT molecular complexity index is 3220. The number of anilines is 3. The van der Waals surface area contributed by atoms with Crippen molar-refractivity contribution in [2.24, 2.45) is 0 Å². The lowest BCUT2D eigenvalue weighted by Crippen LogP contribution is -2.16. The Labute approximate surface area is 364 Å². The Balaban J connectivity index is 1.01. The van der Waals surface area contributed by atoms with Crippen LogP contribution in [0.4, 0.5) is 17.1 Å². The molecule has 0 radical (unpaired) electrons. The molecule has 0 bridgehead atoms. The first-order chi connectivity index (χ1) is 30.5. The predicted molar refractivity (Wildman–Crippen MR) is 263 cm³/mol. The molecule has 1 aliphatic carbocycles. The highest BCUT2D eigenvalue weighted by molar-refractivity contribution is 5.98. The van der Waals surface area contributed by atoms with Gasteiger partial charge < -0.3 is 4.90 Å². The highest BCUT2D eigenvalue weighted by atomic mass is 15.1. The normalized spacial score (nSPS) is 12.5. The maximum atomic E-state index is 2.42. The molecule has 0 aliphatic heterocycles. The lowest BCUT2D eigenvalue weighted by Gasteiger charge is -2.29. The Morgan fingerprint density at radius 2 is 0.758 bits per heavy atom. The second kappa shape index (κ2) is 15.4. The largest absolute Gasteiger partial charge is 0.310 e. The van der Waals surface area contributed by atoms with E-state index in [1.807, 2.05) is 0 Å². The number of rotatable bonds is 8. The summed E-state index contributed by atoms with van der Waals surface area (Å²) in [6, 6.07) is 86.5. The zero-order chi connectivity index (χ0) is 41.6. The SMILES string of the molecule is CC1(C)c2ccccc2-c2cccc(-c3ccc(N(c4ccc(-c5ccc(-c6ccccc6)cc5)cc4)c4ccccc4-c4cccc(-c5cccc6ccccc56)c4)cc3)c21. The number of hydrogen-bond donors (Lipinski definition) is 0. The molecule has 0 unspecified atom stereocenters. The van der Waals surface area contributed by atoms with Crippen molar-refractivity contribution in [3.05, 3.63) is 248 Å². The molecule has 1 aliphatic rings. The van der Waals surface area contributed by atoms with Gasteiger partial charge in [-0.1, -0.05) is 214 Å². The van der Waals surface area contributed by atoms with Gasteiger partial charge in [0, 0.05) is 22.4 Å². The summed E-state index contributed by atoms with van der Waals surface area (Å²) in [4.78, 5) is 2.42. The monoisotopic (exact) mass is 791 g/mol. The van der Waals surface area contributed by atoms with Crippen molar-refractivity contribution >= 4 is 27.8 Å². The van der Waals surface area contributed by atoms with Gasteiger partial charge in [0.05, 0.1) is 5.69 Å². The van der Waals surface area contributed by atoms with E-state index >= 15 is 0 Å². The zero-order valence-corrected chi connectivity index (χ0v) is 35.0. The fourth-order valence-corrected chi connectivity index (χ4v) is 9.84. The third-order valence-corrected chi connectivity index (χ3v) is 12.9. The van der Waals surface area contributed by atoms with E-state index in [1.165, 1.54) is 88.7 Å². The quantitative estimate of drug-likeness (QED) is 0.148. The van der Waals surface area contributed by atoms with E-state index in [0.717, 1.165) is 17.1 Å². The fourth-order valence-electron chi connectivity index (χ4n) is 9.84. The molecular formula is C61H45N. The first kappa shape index (κ1) is 37.3. The molecule has 0 fully saturated rings. The maximum absolute atomic E-state index is 2.42. The van der Waals surface area contributed by atoms with Gasteiger partial charge in [-0.3, -0.25) is 0 Å². The van der Waals surface area contributed by atoms with Crippen molar-refractivity contribution in [2.75, 3.05) is 4.90 Å². The van der Waals surface area contributed by atoms with Crippen LogP contribution < -0.4 is 4.90 Å². The Morgan fingerprint density at radius 3 is 1.48 bits per heavy atom. The maximum Gasteiger partial charge on any atom is 0.0540 e. The van der Waals surface area contributed by atoms with Crippen molar-refractivity contribution in [3.8, 4) is 66.8 Å². The van der Waals surface area contributed by atoms with Gasteiger partial charge in [0.25, 0.3) is 0 Å². The van der Waals surface area contributed by atoms with Crippen molar-refractivity contribution in [2.45, 2.75) is 19.3 Å². The van der Waals surface area contributed by atoms with E-state index in [0.29, 0.717) is 0 Å². The molecule has 0 spiro atoms. The summed E-state index contributed by atoms with van der Waals surface area (Å²) in [6.45, 7) is 4.73. The molecule has 10 aromatic carbocycles. The number of nitrogens with zero attached hydrogens (tertiary/aromatic N) is 1. The van der Waals surface area contributed by atoms with Crippen LogP contribution in [0.15, 0.2) is 237 Å². The Morgan fingerprint density at radius 1 is 0.306 bits per heavy atom. The zero-order valence-electron chi connectivity index (χ0n) is 35.0. The van der Waals surface area contributed by atoms with Crippen LogP contribution in [0.2, 0.25) is 0 Å². The molecule has 1 nitrogen and oxygen atoms in total. The fraction of sp³-hybridized carbons (Fsp3) is 0.0492. The van der Waals surface area contributed by atoms with Crippen molar-refractivity contribution in [1.29, 1.82) is 0 Å². The molecule has 1 heteroatoms. The molecule has 0 N–H and O–H groups in total. The summed E-state index contributed by atoms with van der Waals surface area (Å²) in [6.07, 6.45) is 0. The molecule has 0 amide bonds. The first-order valence-corrected chi connectivity index (χ1v) is 21.6. The minimum absolute atomic E-state index is 0.101. The molecule has 294 valence electrons. The average molecular weight is 792 g/mol. The van der Waals surface area contributed by atoms with Gasteiger partial charge in [-0.05, 0) is 119 Å². The van der Waals surface area contributed by atoms with Crippen LogP contribution in [0.1, 0.15) is 25.0 Å². The van der Waals surface area contributed by atoms with Crippen molar-refractivity contribution in [1.82, 2.24) is 0 Å². The third-order valence-electron chi connectivity index (χ3n) is 12.9. The summed E-state index contributed by atoms with van der Waals surface area (Å²) in [5.74, 6) is 0. The molecular weight excluding hydrogens is 747 g/mol. The molecule has 0 saturated carbocycles. The summed E-state index contributed by atoms with van der Waals surface area (Å²) in [5, 5.41) is 2.50. The highest BCUT2D eigenvalue weighted by Gasteiger charge is 2.37. The first-order valence-electron chi connectivity index (χ1n) is 21.6. The van der Waals surface area contributed by atoms with Crippen molar-refractivity contribution in [3.63, 3.8) is 0 Å². The lowest BCUT2D eigenvalue weighted by atomic mass is 9.79. The molecule has 0 heterocycles. The number of para-hydroxylation sites is 1. The van der Waals surface area contributed by atoms with E-state index in [2.05, 4.69) is 255 Å². The molecule has 11 rings (SSSR count). The van der Waals surface area contributed by atoms with Gasteiger partial charge in [0.15, 0.2) is 0 Å². The smallest absolute Gasteiger partial charge is 0.0540 e. The molecule has 0 atom stereocenters. The molecule has 0 saturated heterocycles.